The molecule has 0 amide bonds. The summed E-state index contributed by atoms with van der Waals surface area (Å²) in [6.07, 6.45) is 0. The number of hydrogen-bond acceptors (Lipinski definition) is 2. The van der Waals surface area contributed by atoms with E-state index in [4.69, 9.17) is 11.1 Å². The van der Waals surface area contributed by atoms with E-state index in [-0.39, 0.29) is 0 Å². The predicted octanol–water partition coefficient (Wildman–Crippen LogP) is -1.55. The Morgan fingerprint density at radius 2 is 2.20 bits per heavy atom. The zero-order valence-electron chi connectivity index (χ0n) is 2.52. The third-order valence-electron chi connectivity index (χ3n) is 0.137. The topological polar surface area (TPSA) is 84.2 Å². The first-order valence-electron chi connectivity index (χ1n) is 1.01. The van der Waals surface area contributed by atoms with Gasteiger partial charge in [-0.25, -0.2) is 5.84 Å². The molecule has 0 bridgehead atoms. The molecule has 0 saturated carbocycles. The van der Waals surface area contributed by atoms with Gasteiger partial charge >= 0.3 is 0 Å². The van der Waals surface area contributed by atoms with Crippen LogP contribution in [0.1, 0.15) is 0 Å². The van der Waals surface area contributed by atoms with E-state index < -0.39 is 5.96 Å². The molecule has 0 aliphatic carbocycles. The van der Waals surface area contributed by atoms with E-state index in [9.17, 15) is 0 Å². The molecule has 0 saturated heterocycles. The highest BCUT2D eigenvalue weighted by Gasteiger charge is 1.72. The molecule has 4 heteroatoms. The summed E-state index contributed by atoms with van der Waals surface area (Å²) in [4.78, 5) is 0. The monoisotopic (exact) mass is 72.0 g/mol. The second kappa shape index (κ2) is 1.54. The van der Waals surface area contributed by atoms with Gasteiger partial charge in [0.05, 0.1) is 0 Å². The molecule has 0 aliphatic heterocycles. The number of rotatable bonds is 0. The Kier molecular flexibility index (Phi) is 1.30. The summed E-state index contributed by atoms with van der Waals surface area (Å²) in [5, 5.41) is 6.06. The van der Waals surface area contributed by atoms with Crippen LogP contribution in [-0.2, 0) is 0 Å². The first kappa shape index (κ1) is 4.23. The van der Waals surface area contributed by atoms with Gasteiger partial charge in [0, 0.05) is 0 Å². The van der Waals surface area contributed by atoms with Crippen molar-refractivity contribution in [2.45, 2.75) is 0 Å². The lowest BCUT2D eigenvalue weighted by Crippen LogP contribution is -2.29. The number of hydrogen-bond donors (Lipinski definition) is 3. The van der Waals surface area contributed by atoms with Crippen LogP contribution in [0.5, 0.6) is 0 Å². The summed E-state index contributed by atoms with van der Waals surface area (Å²) in [6.45, 7) is 0. The van der Waals surface area contributed by atoms with Crippen molar-refractivity contribution in [3.63, 3.8) is 0 Å². The highest BCUT2D eigenvalue weighted by molar-refractivity contribution is 5.72. The van der Waals surface area contributed by atoms with Gasteiger partial charge in [0.15, 0.2) is 0 Å². The van der Waals surface area contributed by atoms with Crippen LogP contribution >= 0.6 is 0 Å². The molecule has 4 nitrogen and oxygen atoms in total. The summed E-state index contributed by atoms with van der Waals surface area (Å²) < 4.78 is 0. The average Bonchev–Trinajstić information content (AvgIpc) is 1.38. The van der Waals surface area contributed by atoms with E-state index in [1.165, 1.54) is 0 Å². The fourth-order valence-electron chi connectivity index (χ4n) is 0. The molecule has 0 rings (SSSR count). The van der Waals surface area contributed by atoms with Crippen LogP contribution in [0.2, 0.25) is 0 Å². The lowest BCUT2D eigenvalue weighted by Gasteiger charge is -1.81. The van der Waals surface area contributed by atoms with Gasteiger partial charge < -0.3 is 0 Å². The molecule has 0 aromatic heterocycles. The maximum atomic E-state index is 7.71. The molecule has 0 fully saturated rings. The van der Waals surface area contributed by atoms with E-state index in [1.54, 1.807) is 5.43 Å². The van der Waals surface area contributed by atoms with E-state index in [0.717, 1.165) is 0 Å². The Hall–Kier alpha value is -0.770. The van der Waals surface area contributed by atoms with Crippen molar-refractivity contribution in [2.24, 2.45) is 5.84 Å². The molecule has 0 aromatic carbocycles. The Bertz CT molecular complexity index is 38.9. The van der Waals surface area contributed by atoms with Crippen molar-refractivity contribution >= 4 is 5.96 Å². The molecule has 2 radical (unpaired) electrons. The van der Waals surface area contributed by atoms with E-state index >= 15 is 0 Å². The largest absolute Gasteiger partial charge is 0.292 e. The van der Waals surface area contributed by atoms with Gasteiger partial charge in [0.2, 0.25) is 5.96 Å². The van der Waals surface area contributed by atoms with Gasteiger partial charge in [-0.05, 0) is 0 Å². The lowest BCUT2D eigenvalue weighted by atomic mass is 11.1. The number of nitrogens with two attached hydrogens (primary N) is 1. The van der Waals surface area contributed by atoms with Gasteiger partial charge in [-0.2, -0.15) is 0 Å². The zero-order valence-corrected chi connectivity index (χ0v) is 2.52. The summed E-state index contributed by atoms with van der Waals surface area (Å²) in [6, 6.07) is 0. The minimum Gasteiger partial charge on any atom is -0.292 e. The summed E-state index contributed by atoms with van der Waals surface area (Å²) in [5.74, 6) is 3.73. The van der Waals surface area contributed by atoms with E-state index in [1.807, 2.05) is 0 Å². The SMILES string of the molecule is [N]C(=N)NN. The van der Waals surface area contributed by atoms with Crippen LogP contribution in [0.4, 0.5) is 0 Å². The summed E-state index contributed by atoms with van der Waals surface area (Å²) in [7, 11) is 0. The maximum Gasteiger partial charge on any atom is 0.249 e. The van der Waals surface area contributed by atoms with Crippen molar-refractivity contribution in [1.82, 2.24) is 11.2 Å². The molecule has 4 N–H and O–H groups in total. The van der Waals surface area contributed by atoms with Crippen molar-refractivity contribution < 1.29 is 0 Å². The first-order chi connectivity index (χ1) is 2.27. The highest BCUT2D eigenvalue weighted by atomic mass is 15.3. The number of nitrogens with zero attached hydrogens (tertiary/aromatic N) is 1. The van der Waals surface area contributed by atoms with Gasteiger partial charge in [-0.15, -0.1) is 5.73 Å². The maximum absolute atomic E-state index is 7.71. The number of guanidine groups is 1. The fourth-order valence-corrected chi connectivity index (χ4v) is 0. The van der Waals surface area contributed by atoms with E-state index in [0.29, 0.717) is 0 Å². The summed E-state index contributed by atoms with van der Waals surface area (Å²) in [5.41, 5.74) is 9.38. The van der Waals surface area contributed by atoms with Crippen LogP contribution < -0.4 is 17.0 Å². The highest BCUT2D eigenvalue weighted by Crippen LogP contribution is 1.31. The minimum atomic E-state index is -0.718. The van der Waals surface area contributed by atoms with Gasteiger partial charge in [-0.3, -0.25) is 10.8 Å². The third kappa shape index (κ3) is 3.23. The normalized spacial score (nSPS) is 6.60. The van der Waals surface area contributed by atoms with Crippen molar-refractivity contribution in [3.8, 4) is 0 Å². The molecule has 0 aliphatic rings. The molecular weight excluding hydrogens is 68.0 g/mol. The molecule has 0 heterocycles. The van der Waals surface area contributed by atoms with Gasteiger partial charge in [-0.1, -0.05) is 0 Å². The van der Waals surface area contributed by atoms with Crippen LogP contribution in [-0.4, -0.2) is 5.96 Å². The van der Waals surface area contributed by atoms with Gasteiger partial charge in [0.1, 0.15) is 0 Å². The van der Waals surface area contributed by atoms with Crippen LogP contribution in [0.15, 0.2) is 0 Å². The van der Waals surface area contributed by atoms with Gasteiger partial charge in [0.25, 0.3) is 0 Å². The Labute approximate surface area is 29.6 Å². The molecular formula is CH4N4. The first-order valence-corrected chi connectivity index (χ1v) is 1.01. The number of hydrazine groups is 1. The van der Waals surface area contributed by atoms with Crippen molar-refractivity contribution in [1.29, 1.82) is 5.41 Å². The average molecular weight is 72.1 g/mol. The standard InChI is InChI=1S/CH4N4/c2-1(3)5-4/h4H2,(H2,2,5). The minimum absolute atomic E-state index is 0.718. The Morgan fingerprint density at radius 3 is 2.20 bits per heavy atom. The molecule has 0 unspecified atom stereocenters. The Morgan fingerprint density at radius 1 is 2.00 bits per heavy atom. The molecule has 5 heavy (non-hydrogen) atoms. The molecule has 0 spiro atoms. The van der Waals surface area contributed by atoms with Crippen LogP contribution in [0.25, 0.3) is 0 Å². The number of nitrogens with one attached hydrogen (secondary N) is 2. The van der Waals surface area contributed by atoms with Crippen LogP contribution in [0, 0.1) is 5.41 Å². The van der Waals surface area contributed by atoms with Crippen molar-refractivity contribution in [2.75, 3.05) is 0 Å². The zero-order chi connectivity index (χ0) is 4.28. The second-order valence-corrected chi connectivity index (χ2v) is 0.493. The van der Waals surface area contributed by atoms with Crippen molar-refractivity contribution in [3.05, 3.63) is 0 Å². The third-order valence-corrected chi connectivity index (χ3v) is 0.137. The smallest absolute Gasteiger partial charge is 0.249 e. The van der Waals surface area contributed by atoms with Crippen LogP contribution in [0.3, 0.4) is 0 Å². The summed E-state index contributed by atoms with van der Waals surface area (Å²) >= 11 is 0. The second-order valence-electron chi connectivity index (χ2n) is 0.493. The predicted molar refractivity (Wildman–Crippen MR) is 17.2 cm³/mol. The Balaban J connectivity index is 2.85. The molecule has 28 valence electrons. The quantitative estimate of drug-likeness (QED) is 0.140. The fraction of sp³-hybridized carbons (Fsp3) is 0. The van der Waals surface area contributed by atoms with E-state index in [2.05, 4.69) is 5.84 Å². The molecule has 0 atom stereocenters. The molecule has 0 aromatic rings. The lowest BCUT2D eigenvalue weighted by molar-refractivity contribution is 0.988.